The molecule has 1 saturated heterocycles. The molecule has 1 heterocycles. The largest absolute Gasteiger partial charge is 0.459 e. The fraction of sp³-hybridized carbons (Fsp3) is 0.364. The van der Waals surface area contributed by atoms with Crippen molar-refractivity contribution < 1.29 is 28.5 Å². The van der Waals surface area contributed by atoms with E-state index < -0.39 is 30.4 Å². The lowest BCUT2D eigenvalue weighted by Crippen LogP contribution is -2.32. The number of hydrogen-bond donors (Lipinski definition) is 0. The van der Waals surface area contributed by atoms with Crippen molar-refractivity contribution in [1.82, 2.24) is 0 Å². The third kappa shape index (κ3) is 4.97. The van der Waals surface area contributed by atoms with Crippen LogP contribution in [0.25, 0.3) is 0 Å². The normalized spacial score (nSPS) is 21.3. The summed E-state index contributed by atoms with van der Waals surface area (Å²) >= 11 is 0. The summed E-state index contributed by atoms with van der Waals surface area (Å²) in [6, 6.07) is 14.2. The predicted octanol–water partition coefficient (Wildman–Crippen LogP) is 3.45. The van der Waals surface area contributed by atoms with Gasteiger partial charge in [0.1, 0.15) is 18.8 Å². The number of carbonyl (C=O) groups excluding carboxylic acids is 2. The van der Waals surface area contributed by atoms with Crippen LogP contribution in [0.3, 0.4) is 0 Å². The Bertz CT molecular complexity index is 812. The molecule has 0 saturated carbocycles. The molecule has 6 nitrogen and oxygen atoms in total. The van der Waals surface area contributed by atoms with Crippen LogP contribution < -0.4 is 0 Å². The third-order valence-corrected chi connectivity index (χ3v) is 4.64. The lowest BCUT2D eigenvalue weighted by atomic mass is 10.1. The van der Waals surface area contributed by atoms with E-state index in [4.69, 9.17) is 18.9 Å². The van der Waals surface area contributed by atoms with Gasteiger partial charge in [-0.15, -0.1) is 0 Å². The SMILES string of the molecule is COC1C[C@@H](OC(=O)c2ccc(C)cc2)[C@@H](COC(=O)c2ccc(C)cc2)O1. The fourth-order valence-corrected chi connectivity index (χ4v) is 2.93. The average molecular weight is 384 g/mol. The monoisotopic (exact) mass is 384 g/mol. The summed E-state index contributed by atoms with van der Waals surface area (Å²) < 4.78 is 21.9. The zero-order valence-electron chi connectivity index (χ0n) is 16.2. The van der Waals surface area contributed by atoms with Crippen molar-refractivity contribution in [3.8, 4) is 0 Å². The van der Waals surface area contributed by atoms with Crippen LogP contribution >= 0.6 is 0 Å². The minimum atomic E-state index is -0.589. The molecule has 3 atom stereocenters. The van der Waals surface area contributed by atoms with Gasteiger partial charge in [0, 0.05) is 13.5 Å². The molecule has 1 fully saturated rings. The van der Waals surface area contributed by atoms with Gasteiger partial charge in [-0.1, -0.05) is 35.4 Å². The highest BCUT2D eigenvalue weighted by Crippen LogP contribution is 2.25. The van der Waals surface area contributed by atoms with Crippen molar-refractivity contribution in [2.45, 2.75) is 38.8 Å². The van der Waals surface area contributed by atoms with E-state index in [0.29, 0.717) is 17.5 Å². The van der Waals surface area contributed by atoms with E-state index in [9.17, 15) is 9.59 Å². The first kappa shape index (κ1) is 20.0. The van der Waals surface area contributed by atoms with Gasteiger partial charge in [0.05, 0.1) is 11.1 Å². The molecule has 0 aromatic heterocycles. The van der Waals surface area contributed by atoms with Gasteiger partial charge >= 0.3 is 11.9 Å². The second-order valence-corrected chi connectivity index (χ2v) is 6.85. The molecule has 3 rings (SSSR count). The Labute approximate surface area is 164 Å². The van der Waals surface area contributed by atoms with Gasteiger partial charge in [-0.25, -0.2) is 9.59 Å². The predicted molar refractivity (Wildman–Crippen MR) is 102 cm³/mol. The molecule has 6 heteroatoms. The van der Waals surface area contributed by atoms with E-state index in [1.807, 2.05) is 38.1 Å². The Balaban J connectivity index is 1.61. The highest BCUT2D eigenvalue weighted by molar-refractivity contribution is 5.90. The summed E-state index contributed by atoms with van der Waals surface area (Å²) in [6.45, 7) is 3.86. The Morgan fingerprint density at radius 3 is 2.00 bits per heavy atom. The highest BCUT2D eigenvalue weighted by Gasteiger charge is 2.39. The Kier molecular flexibility index (Phi) is 6.44. The third-order valence-electron chi connectivity index (χ3n) is 4.64. The van der Waals surface area contributed by atoms with Crippen LogP contribution in [0.2, 0.25) is 0 Å². The lowest BCUT2D eigenvalue weighted by Gasteiger charge is -2.19. The highest BCUT2D eigenvalue weighted by atomic mass is 16.7. The maximum Gasteiger partial charge on any atom is 0.338 e. The standard InChI is InChI=1S/C22H24O6/c1-14-4-8-16(9-5-14)21(23)26-13-19-18(12-20(25-3)27-19)28-22(24)17-10-6-15(2)7-11-17/h4-11,18-20H,12-13H2,1-3H3/t18-,19-,20?/m1/s1. The van der Waals surface area contributed by atoms with Crippen molar-refractivity contribution in [2.75, 3.05) is 13.7 Å². The molecule has 0 aliphatic carbocycles. The summed E-state index contributed by atoms with van der Waals surface area (Å²) in [6.07, 6.45) is -1.29. The molecule has 0 amide bonds. The first-order valence-electron chi connectivity index (χ1n) is 9.16. The molecule has 0 N–H and O–H groups in total. The second-order valence-electron chi connectivity index (χ2n) is 6.85. The number of carbonyl (C=O) groups is 2. The van der Waals surface area contributed by atoms with E-state index in [1.165, 1.54) is 7.11 Å². The first-order valence-corrected chi connectivity index (χ1v) is 9.16. The van der Waals surface area contributed by atoms with Crippen molar-refractivity contribution in [3.05, 3.63) is 70.8 Å². The van der Waals surface area contributed by atoms with Crippen molar-refractivity contribution >= 4 is 11.9 Å². The van der Waals surface area contributed by atoms with E-state index in [-0.39, 0.29) is 6.61 Å². The Hall–Kier alpha value is -2.70. The molecular formula is C22H24O6. The molecule has 148 valence electrons. The van der Waals surface area contributed by atoms with Crippen LogP contribution in [0.15, 0.2) is 48.5 Å². The van der Waals surface area contributed by atoms with Crippen LogP contribution in [-0.4, -0.2) is 44.2 Å². The second kappa shape index (κ2) is 8.99. The number of methoxy groups -OCH3 is 1. The molecule has 0 radical (unpaired) electrons. The number of ether oxygens (including phenoxy) is 4. The molecule has 2 aromatic carbocycles. The minimum absolute atomic E-state index is 0.0294. The van der Waals surface area contributed by atoms with E-state index in [0.717, 1.165) is 11.1 Å². The Morgan fingerprint density at radius 2 is 1.46 bits per heavy atom. The fourth-order valence-electron chi connectivity index (χ4n) is 2.93. The van der Waals surface area contributed by atoms with Gasteiger partial charge in [-0.2, -0.15) is 0 Å². The summed E-state index contributed by atoms with van der Waals surface area (Å²) in [7, 11) is 1.52. The average Bonchev–Trinajstić information content (AvgIpc) is 3.09. The van der Waals surface area contributed by atoms with E-state index >= 15 is 0 Å². The van der Waals surface area contributed by atoms with Gasteiger partial charge in [-0.3, -0.25) is 0 Å². The molecule has 0 bridgehead atoms. The zero-order valence-corrected chi connectivity index (χ0v) is 16.2. The van der Waals surface area contributed by atoms with Gasteiger partial charge in [0.15, 0.2) is 6.29 Å². The van der Waals surface area contributed by atoms with Crippen LogP contribution in [0.1, 0.15) is 38.3 Å². The summed E-state index contributed by atoms with van der Waals surface area (Å²) in [5.41, 5.74) is 3.03. The number of aryl methyl sites for hydroxylation is 2. The summed E-state index contributed by atoms with van der Waals surface area (Å²) in [5.74, 6) is -0.895. The Morgan fingerprint density at radius 1 is 0.929 bits per heavy atom. The van der Waals surface area contributed by atoms with Crippen molar-refractivity contribution in [1.29, 1.82) is 0 Å². The molecule has 1 aliphatic rings. The minimum Gasteiger partial charge on any atom is -0.459 e. The summed E-state index contributed by atoms with van der Waals surface area (Å²) in [5, 5.41) is 0. The van der Waals surface area contributed by atoms with E-state index in [1.54, 1.807) is 24.3 Å². The van der Waals surface area contributed by atoms with Gasteiger partial charge in [0.25, 0.3) is 0 Å². The van der Waals surface area contributed by atoms with Crippen LogP contribution in [0.4, 0.5) is 0 Å². The maximum absolute atomic E-state index is 12.4. The van der Waals surface area contributed by atoms with Gasteiger partial charge in [0.2, 0.25) is 0 Å². The number of esters is 2. The van der Waals surface area contributed by atoms with Crippen molar-refractivity contribution in [2.24, 2.45) is 0 Å². The quantitative estimate of drug-likeness (QED) is 0.711. The molecule has 2 aromatic rings. The van der Waals surface area contributed by atoms with Crippen molar-refractivity contribution in [3.63, 3.8) is 0 Å². The molecule has 28 heavy (non-hydrogen) atoms. The first-order chi connectivity index (χ1) is 13.5. The number of benzene rings is 2. The maximum atomic E-state index is 12.4. The molecule has 1 aliphatic heterocycles. The van der Waals surface area contributed by atoms with Gasteiger partial charge in [-0.05, 0) is 38.1 Å². The molecular weight excluding hydrogens is 360 g/mol. The van der Waals surface area contributed by atoms with Crippen LogP contribution in [0, 0.1) is 13.8 Å². The van der Waals surface area contributed by atoms with E-state index in [2.05, 4.69) is 0 Å². The lowest BCUT2D eigenvalue weighted by molar-refractivity contribution is -0.128. The smallest absolute Gasteiger partial charge is 0.338 e. The number of hydrogen-bond acceptors (Lipinski definition) is 6. The van der Waals surface area contributed by atoms with Crippen LogP contribution in [-0.2, 0) is 18.9 Å². The van der Waals surface area contributed by atoms with Gasteiger partial charge < -0.3 is 18.9 Å². The molecule has 1 unspecified atom stereocenters. The topological polar surface area (TPSA) is 71.1 Å². The van der Waals surface area contributed by atoms with Crippen LogP contribution in [0.5, 0.6) is 0 Å². The summed E-state index contributed by atoms with van der Waals surface area (Å²) in [4.78, 5) is 24.6. The molecule has 0 spiro atoms. The zero-order chi connectivity index (χ0) is 20.1. The number of rotatable bonds is 6.